The van der Waals surface area contributed by atoms with Gasteiger partial charge < -0.3 is 0 Å². The zero-order chi connectivity index (χ0) is 17.3. The van der Waals surface area contributed by atoms with E-state index in [1.807, 2.05) is 0 Å². The van der Waals surface area contributed by atoms with Crippen molar-refractivity contribution in [3.05, 3.63) is 0 Å². The Balaban J connectivity index is 1.62. The van der Waals surface area contributed by atoms with Crippen LogP contribution in [0.15, 0.2) is 0 Å². The summed E-state index contributed by atoms with van der Waals surface area (Å²) in [5.74, 6) is 3.27. The monoisotopic (exact) mass is 334 g/mol. The highest BCUT2D eigenvalue weighted by atomic mass is 14.4. The minimum absolute atomic E-state index is 0.696. The van der Waals surface area contributed by atoms with Gasteiger partial charge in [-0.05, 0) is 68.1 Å². The summed E-state index contributed by atoms with van der Waals surface area (Å²) in [6, 6.07) is 0. The average Bonchev–Trinajstić information content (AvgIpc) is 2.61. The summed E-state index contributed by atoms with van der Waals surface area (Å²) in [6.45, 7) is 7.25. The van der Waals surface area contributed by atoms with Crippen LogP contribution in [0.25, 0.3) is 0 Å². The molecule has 0 unspecified atom stereocenters. The largest absolute Gasteiger partial charge is 0.0654 e. The molecular weight excluding hydrogens is 288 g/mol. The fourth-order valence-corrected chi connectivity index (χ4v) is 5.67. The number of unbranched alkanes of at least 4 members (excludes halogenated alkanes) is 5. The second kappa shape index (κ2) is 10.9. The zero-order valence-electron chi connectivity index (χ0n) is 17.3. The normalized spacial score (nSPS) is 34.4. The molecule has 0 atom stereocenters. The van der Waals surface area contributed by atoms with Gasteiger partial charge in [0.1, 0.15) is 0 Å². The van der Waals surface area contributed by atoms with Crippen LogP contribution in [-0.2, 0) is 0 Å². The van der Waals surface area contributed by atoms with Gasteiger partial charge in [-0.15, -0.1) is 0 Å². The zero-order valence-corrected chi connectivity index (χ0v) is 17.3. The average molecular weight is 335 g/mol. The maximum Gasteiger partial charge on any atom is -0.0326 e. The summed E-state index contributed by atoms with van der Waals surface area (Å²) in [5.41, 5.74) is 0.696. The van der Waals surface area contributed by atoms with Crippen LogP contribution in [0.1, 0.15) is 130 Å². The smallest absolute Gasteiger partial charge is 0.0326 e. The van der Waals surface area contributed by atoms with Crippen molar-refractivity contribution < 1.29 is 0 Å². The highest BCUT2D eigenvalue weighted by Crippen LogP contribution is 2.47. The van der Waals surface area contributed by atoms with E-state index in [4.69, 9.17) is 0 Å². The van der Waals surface area contributed by atoms with Gasteiger partial charge in [0.15, 0.2) is 0 Å². The maximum atomic E-state index is 2.60. The summed E-state index contributed by atoms with van der Waals surface area (Å²) in [5, 5.41) is 0. The lowest BCUT2D eigenvalue weighted by molar-refractivity contribution is 0.0949. The Bertz CT molecular complexity index is 302. The number of hydrogen-bond acceptors (Lipinski definition) is 0. The minimum atomic E-state index is 0.696. The molecular formula is C24H46. The van der Waals surface area contributed by atoms with Crippen molar-refractivity contribution in [2.24, 2.45) is 23.2 Å². The summed E-state index contributed by atoms with van der Waals surface area (Å²) in [7, 11) is 0. The topological polar surface area (TPSA) is 0 Å². The van der Waals surface area contributed by atoms with Gasteiger partial charge in [0, 0.05) is 0 Å². The van der Waals surface area contributed by atoms with Gasteiger partial charge in [0.05, 0.1) is 0 Å². The summed E-state index contributed by atoms with van der Waals surface area (Å²) >= 11 is 0. The van der Waals surface area contributed by atoms with Gasteiger partial charge in [-0.3, -0.25) is 0 Å². The van der Waals surface area contributed by atoms with Crippen LogP contribution < -0.4 is 0 Å². The predicted molar refractivity (Wildman–Crippen MR) is 108 cm³/mol. The molecule has 0 N–H and O–H groups in total. The van der Waals surface area contributed by atoms with Crippen LogP contribution in [-0.4, -0.2) is 0 Å². The summed E-state index contributed by atoms with van der Waals surface area (Å²) in [6.07, 6.45) is 25.5. The van der Waals surface area contributed by atoms with Crippen LogP contribution >= 0.6 is 0 Å². The number of rotatable bonds is 10. The van der Waals surface area contributed by atoms with Crippen LogP contribution in [0.5, 0.6) is 0 Å². The van der Waals surface area contributed by atoms with Gasteiger partial charge >= 0.3 is 0 Å². The molecule has 2 fully saturated rings. The predicted octanol–water partition coefficient (Wildman–Crippen LogP) is 8.54. The molecule has 0 spiro atoms. The third kappa shape index (κ3) is 6.72. The molecule has 0 aromatic heterocycles. The lowest BCUT2D eigenvalue weighted by Crippen LogP contribution is -2.30. The van der Waals surface area contributed by atoms with Gasteiger partial charge in [0.25, 0.3) is 0 Å². The molecule has 2 aliphatic carbocycles. The van der Waals surface area contributed by atoms with Crippen molar-refractivity contribution in [2.45, 2.75) is 130 Å². The van der Waals surface area contributed by atoms with E-state index >= 15 is 0 Å². The van der Waals surface area contributed by atoms with E-state index in [0.29, 0.717) is 5.41 Å². The molecule has 0 aromatic rings. The first-order valence-electron chi connectivity index (χ1n) is 11.7. The van der Waals surface area contributed by atoms with Gasteiger partial charge in [-0.1, -0.05) is 85.0 Å². The van der Waals surface area contributed by atoms with Crippen molar-refractivity contribution in [1.82, 2.24) is 0 Å². The van der Waals surface area contributed by atoms with Gasteiger partial charge in [-0.2, -0.15) is 0 Å². The SMILES string of the molecule is CCCCCCC1(C)CCC(C2CCC(CCCCC)CC2)CC1. The molecule has 0 bridgehead atoms. The second-order valence-corrected chi connectivity index (χ2v) is 9.74. The molecule has 0 nitrogen and oxygen atoms in total. The molecule has 2 aliphatic rings. The van der Waals surface area contributed by atoms with Crippen molar-refractivity contribution in [3.8, 4) is 0 Å². The Labute approximate surface area is 153 Å². The molecule has 2 saturated carbocycles. The molecule has 24 heavy (non-hydrogen) atoms. The Hall–Kier alpha value is 0. The van der Waals surface area contributed by atoms with Gasteiger partial charge in [-0.25, -0.2) is 0 Å². The molecule has 0 heterocycles. The van der Waals surface area contributed by atoms with E-state index in [1.54, 1.807) is 38.5 Å². The molecule has 142 valence electrons. The molecule has 0 heteroatoms. The van der Waals surface area contributed by atoms with Crippen LogP contribution in [0.4, 0.5) is 0 Å². The Morgan fingerprint density at radius 1 is 0.667 bits per heavy atom. The first-order chi connectivity index (χ1) is 11.7. The first-order valence-corrected chi connectivity index (χ1v) is 11.7. The van der Waals surface area contributed by atoms with Crippen molar-refractivity contribution in [1.29, 1.82) is 0 Å². The fourth-order valence-electron chi connectivity index (χ4n) is 5.67. The first kappa shape index (κ1) is 20.3. The van der Waals surface area contributed by atoms with Crippen LogP contribution in [0, 0.1) is 23.2 Å². The standard InChI is InChI=1S/C24H46/c1-4-6-8-10-18-24(3)19-16-23(17-20-24)22-14-12-21(13-15-22)11-9-7-5-2/h21-23H,4-20H2,1-3H3. The summed E-state index contributed by atoms with van der Waals surface area (Å²) < 4.78 is 0. The quantitative estimate of drug-likeness (QED) is 0.351. The van der Waals surface area contributed by atoms with E-state index < -0.39 is 0 Å². The van der Waals surface area contributed by atoms with Gasteiger partial charge in [0.2, 0.25) is 0 Å². The molecule has 0 saturated heterocycles. The Kier molecular flexibility index (Phi) is 9.20. The maximum absolute atomic E-state index is 2.60. The van der Waals surface area contributed by atoms with E-state index in [0.717, 1.165) is 17.8 Å². The third-order valence-electron chi connectivity index (χ3n) is 7.65. The van der Waals surface area contributed by atoms with Crippen LogP contribution in [0.3, 0.4) is 0 Å². The second-order valence-electron chi connectivity index (χ2n) is 9.74. The highest BCUT2D eigenvalue weighted by molar-refractivity contribution is 4.86. The fraction of sp³-hybridized carbons (Fsp3) is 1.00. The van der Waals surface area contributed by atoms with Crippen molar-refractivity contribution >= 4 is 0 Å². The molecule has 0 radical (unpaired) electrons. The molecule has 0 aliphatic heterocycles. The summed E-state index contributed by atoms with van der Waals surface area (Å²) in [4.78, 5) is 0. The lowest BCUT2D eigenvalue weighted by Gasteiger charge is -2.42. The van der Waals surface area contributed by atoms with E-state index in [1.165, 1.54) is 70.6 Å². The van der Waals surface area contributed by atoms with Crippen molar-refractivity contribution in [3.63, 3.8) is 0 Å². The number of hydrogen-bond donors (Lipinski definition) is 0. The third-order valence-corrected chi connectivity index (χ3v) is 7.65. The molecule has 0 aromatic carbocycles. The minimum Gasteiger partial charge on any atom is -0.0654 e. The van der Waals surface area contributed by atoms with E-state index in [9.17, 15) is 0 Å². The molecule has 2 rings (SSSR count). The molecule has 0 amide bonds. The lowest BCUT2D eigenvalue weighted by atomic mass is 9.63. The Morgan fingerprint density at radius 2 is 1.25 bits per heavy atom. The van der Waals surface area contributed by atoms with Crippen LogP contribution in [0.2, 0.25) is 0 Å². The Morgan fingerprint density at radius 3 is 1.88 bits per heavy atom. The van der Waals surface area contributed by atoms with Crippen molar-refractivity contribution in [2.75, 3.05) is 0 Å². The van der Waals surface area contributed by atoms with E-state index in [2.05, 4.69) is 20.8 Å². The van der Waals surface area contributed by atoms with E-state index in [-0.39, 0.29) is 0 Å². The highest BCUT2D eigenvalue weighted by Gasteiger charge is 2.35.